The Hall–Kier alpha value is -1.34. The second kappa shape index (κ2) is 7.50. The van der Waals surface area contributed by atoms with Crippen LogP contribution in [-0.2, 0) is 14.3 Å². The van der Waals surface area contributed by atoms with Gasteiger partial charge in [-0.3, -0.25) is 9.79 Å². The van der Waals surface area contributed by atoms with Gasteiger partial charge >= 0.3 is 0 Å². The number of hydrogen-bond donors (Lipinski definition) is 2. The minimum atomic E-state index is 0.0759. The highest BCUT2D eigenvalue weighted by molar-refractivity contribution is 5.81. The van der Waals surface area contributed by atoms with Gasteiger partial charge in [0.25, 0.3) is 0 Å². The number of nitrogens with zero attached hydrogens (tertiary/aromatic N) is 2. The molecule has 0 bridgehead atoms. The van der Waals surface area contributed by atoms with Crippen molar-refractivity contribution in [3.63, 3.8) is 0 Å². The predicted octanol–water partition coefficient (Wildman–Crippen LogP) is 0.602. The molecule has 7 nitrogen and oxygen atoms in total. The zero-order valence-electron chi connectivity index (χ0n) is 15.9. The highest BCUT2D eigenvalue weighted by Crippen LogP contribution is 2.52. The van der Waals surface area contributed by atoms with Gasteiger partial charge in [-0.2, -0.15) is 0 Å². The molecule has 0 aromatic carbocycles. The Labute approximate surface area is 150 Å². The van der Waals surface area contributed by atoms with Crippen LogP contribution in [0.1, 0.15) is 33.1 Å². The third-order valence-electron chi connectivity index (χ3n) is 6.07. The van der Waals surface area contributed by atoms with Gasteiger partial charge in [0.05, 0.1) is 6.10 Å². The van der Waals surface area contributed by atoms with Crippen LogP contribution in [0.5, 0.6) is 0 Å². The van der Waals surface area contributed by atoms with Crippen molar-refractivity contribution in [2.75, 3.05) is 40.5 Å². The van der Waals surface area contributed by atoms with E-state index in [0.29, 0.717) is 24.1 Å². The van der Waals surface area contributed by atoms with Crippen LogP contribution < -0.4 is 10.6 Å². The van der Waals surface area contributed by atoms with E-state index in [9.17, 15) is 4.79 Å². The monoisotopic (exact) mass is 352 g/mol. The molecule has 142 valence electrons. The normalized spacial score (nSPS) is 32.1. The van der Waals surface area contributed by atoms with Gasteiger partial charge in [0, 0.05) is 57.3 Å². The Kier molecular flexibility index (Phi) is 5.53. The van der Waals surface area contributed by atoms with E-state index in [-0.39, 0.29) is 17.9 Å². The van der Waals surface area contributed by atoms with E-state index in [4.69, 9.17) is 9.47 Å². The molecule has 2 saturated heterocycles. The molecule has 7 heteroatoms. The molecule has 3 atom stereocenters. The fraction of sp³-hybridized carbons (Fsp3) is 0.889. The number of hydrogen-bond acceptors (Lipinski definition) is 4. The molecular formula is C18H32N4O3. The van der Waals surface area contributed by atoms with Crippen LogP contribution in [0.2, 0.25) is 0 Å². The largest absolute Gasteiger partial charge is 0.377 e. The number of nitrogens with one attached hydrogen (secondary N) is 2. The average Bonchev–Trinajstić information content (AvgIpc) is 3.06. The number of methoxy groups -OCH3 is 1. The molecule has 0 radical (unpaired) electrons. The minimum absolute atomic E-state index is 0.0759. The molecule has 0 spiro atoms. The number of aliphatic imine (C=N–C) groups is 1. The first-order chi connectivity index (χ1) is 12.0. The lowest BCUT2D eigenvalue weighted by Gasteiger charge is -2.55. The molecule has 2 N–H and O–H groups in total. The number of amides is 1. The Morgan fingerprint density at radius 1 is 1.28 bits per heavy atom. The Balaban J connectivity index is 1.48. The molecule has 3 rings (SSSR count). The topological polar surface area (TPSA) is 75.2 Å². The number of ether oxygens (including phenoxy) is 2. The molecule has 0 aromatic rings. The van der Waals surface area contributed by atoms with Crippen LogP contribution in [-0.4, -0.2) is 75.4 Å². The highest BCUT2D eigenvalue weighted by Gasteiger charge is 2.59. The van der Waals surface area contributed by atoms with Crippen LogP contribution in [0.4, 0.5) is 0 Å². The quantitative estimate of drug-likeness (QED) is 0.573. The molecule has 1 aliphatic carbocycles. The van der Waals surface area contributed by atoms with Gasteiger partial charge in [-0.05, 0) is 19.3 Å². The minimum Gasteiger partial charge on any atom is -0.377 e. The van der Waals surface area contributed by atoms with Crippen molar-refractivity contribution < 1.29 is 14.3 Å². The van der Waals surface area contributed by atoms with Crippen molar-refractivity contribution >= 4 is 11.9 Å². The molecule has 1 saturated carbocycles. The lowest BCUT2D eigenvalue weighted by molar-refractivity contribution is -0.136. The molecule has 2 heterocycles. The van der Waals surface area contributed by atoms with E-state index in [0.717, 1.165) is 44.9 Å². The van der Waals surface area contributed by atoms with Crippen molar-refractivity contribution in [3.05, 3.63) is 0 Å². The molecule has 0 aromatic heterocycles. The van der Waals surface area contributed by atoms with Crippen LogP contribution in [0.25, 0.3) is 0 Å². The highest BCUT2D eigenvalue weighted by atomic mass is 16.5. The van der Waals surface area contributed by atoms with Gasteiger partial charge in [-0.25, -0.2) is 0 Å². The van der Waals surface area contributed by atoms with Gasteiger partial charge in [-0.15, -0.1) is 0 Å². The molecular weight excluding hydrogens is 320 g/mol. The number of fused-ring (bicyclic) bond motifs is 1. The SMILES string of the molecule is CN=C(NC1CCN(C(=O)COC)CC1)NC1C2CCOC2C1(C)C. The summed E-state index contributed by atoms with van der Waals surface area (Å²) in [4.78, 5) is 18.2. The van der Waals surface area contributed by atoms with E-state index >= 15 is 0 Å². The Morgan fingerprint density at radius 3 is 2.64 bits per heavy atom. The number of carbonyl (C=O) groups excluding carboxylic acids is 1. The number of piperidine rings is 1. The number of guanidine groups is 1. The van der Waals surface area contributed by atoms with Gasteiger partial charge < -0.3 is 25.0 Å². The third kappa shape index (κ3) is 3.62. The summed E-state index contributed by atoms with van der Waals surface area (Å²) in [7, 11) is 3.38. The summed E-state index contributed by atoms with van der Waals surface area (Å²) in [6.45, 7) is 7.11. The van der Waals surface area contributed by atoms with Crippen LogP contribution in [0.3, 0.4) is 0 Å². The maximum Gasteiger partial charge on any atom is 0.248 e. The lowest BCUT2D eigenvalue weighted by Crippen LogP contribution is -2.68. The predicted molar refractivity (Wildman–Crippen MR) is 96.5 cm³/mol. The first-order valence-electron chi connectivity index (χ1n) is 9.35. The van der Waals surface area contributed by atoms with E-state index in [1.54, 1.807) is 7.11 Å². The summed E-state index contributed by atoms with van der Waals surface area (Å²) in [6, 6.07) is 0.742. The van der Waals surface area contributed by atoms with Gasteiger partial charge in [0.15, 0.2) is 5.96 Å². The van der Waals surface area contributed by atoms with Gasteiger partial charge in [-0.1, -0.05) is 13.8 Å². The Bertz CT molecular complexity index is 514. The van der Waals surface area contributed by atoms with Gasteiger partial charge in [0.1, 0.15) is 6.61 Å². The van der Waals surface area contributed by atoms with Gasteiger partial charge in [0.2, 0.25) is 5.91 Å². The van der Waals surface area contributed by atoms with Crippen molar-refractivity contribution in [1.29, 1.82) is 0 Å². The molecule has 25 heavy (non-hydrogen) atoms. The fourth-order valence-corrected chi connectivity index (χ4v) is 4.62. The fourth-order valence-electron chi connectivity index (χ4n) is 4.62. The Morgan fingerprint density at radius 2 is 2.00 bits per heavy atom. The van der Waals surface area contributed by atoms with Crippen molar-refractivity contribution in [1.82, 2.24) is 15.5 Å². The first kappa shape index (κ1) is 18.5. The molecule has 3 aliphatic rings. The molecule has 2 aliphatic heterocycles. The molecule has 1 amide bonds. The second-order valence-corrected chi connectivity index (χ2v) is 7.99. The number of likely N-dealkylation sites (tertiary alicyclic amines) is 1. The number of rotatable bonds is 4. The van der Waals surface area contributed by atoms with Crippen molar-refractivity contribution in [2.24, 2.45) is 16.3 Å². The van der Waals surface area contributed by atoms with E-state index < -0.39 is 0 Å². The van der Waals surface area contributed by atoms with Crippen LogP contribution >= 0.6 is 0 Å². The summed E-state index contributed by atoms with van der Waals surface area (Å²) in [5.41, 5.74) is 0.134. The molecule has 3 fully saturated rings. The van der Waals surface area contributed by atoms with Crippen molar-refractivity contribution in [3.8, 4) is 0 Å². The van der Waals surface area contributed by atoms with Crippen molar-refractivity contribution in [2.45, 2.75) is 51.3 Å². The summed E-state index contributed by atoms with van der Waals surface area (Å²) < 4.78 is 10.8. The molecule has 3 unspecified atom stereocenters. The smallest absolute Gasteiger partial charge is 0.248 e. The standard InChI is InChI=1S/C18H32N4O3/c1-18(2)15(13-7-10-25-16(13)18)21-17(19-3)20-12-5-8-22(9-6-12)14(23)11-24-4/h12-13,15-16H,5-11H2,1-4H3,(H2,19,20,21). The second-order valence-electron chi connectivity index (χ2n) is 7.99. The van der Waals surface area contributed by atoms with Crippen LogP contribution in [0.15, 0.2) is 4.99 Å². The summed E-state index contributed by atoms with van der Waals surface area (Å²) in [5.74, 6) is 1.53. The third-order valence-corrected chi connectivity index (χ3v) is 6.07. The maximum atomic E-state index is 11.9. The zero-order chi connectivity index (χ0) is 18.0. The van der Waals surface area contributed by atoms with E-state index in [1.165, 1.54) is 0 Å². The first-order valence-corrected chi connectivity index (χ1v) is 9.35. The van der Waals surface area contributed by atoms with E-state index in [2.05, 4.69) is 29.5 Å². The number of carbonyl (C=O) groups is 1. The summed E-state index contributed by atoms with van der Waals surface area (Å²) in [5, 5.41) is 7.17. The van der Waals surface area contributed by atoms with Crippen LogP contribution in [0, 0.1) is 11.3 Å². The lowest BCUT2D eigenvalue weighted by atomic mass is 9.57. The zero-order valence-corrected chi connectivity index (χ0v) is 15.9. The van der Waals surface area contributed by atoms with E-state index in [1.807, 2.05) is 11.9 Å². The summed E-state index contributed by atoms with van der Waals surface area (Å²) >= 11 is 0. The summed E-state index contributed by atoms with van der Waals surface area (Å²) in [6.07, 6.45) is 3.36. The maximum absolute atomic E-state index is 11.9. The average molecular weight is 352 g/mol.